The molecule has 0 bridgehead atoms. The van der Waals surface area contributed by atoms with Gasteiger partial charge in [0.15, 0.2) is 0 Å². The van der Waals surface area contributed by atoms with Crippen molar-refractivity contribution in [2.24, 2.45) is 0 Å². The zero-order valence-electron chi connectivity index (χ0n) is 14.3. The number of nitrogens with zero attached hydrogens (tertiary/aromatic N) is 1. The molecule has 0 spiro atoms. The smallest absolute Gasteiger partial charge is 0.328 e. The highest BCUT2D eigenvalue weighted by atomic mass is 16.6. The van der Waals surface area contributed by atoms with Crippen molar-refractivity contribution in [1.29, 1.82) is 0 Å². The second-order valence-corrected chi connectivity index (χ2v) is 7.05. The first-order chi connectivity index (χ1) is 11.3. The van der Waals surface area contributed by atoms with Gasteiger partial charge in [-0.15, -0.1) is 0 Å². The number of benzene rings is 1. The van der Waals surface area contributed by atoms with Crippen molar-refractivity contribution in [1.82, 2.24) is 15.1 Å². The summed E-state index contributed by atoms with van der Waals surface area (Å²) in [7, 11) is 0. The average Bonchev–Trinajstić information content (AvgIpc) is 2.83. The summed E-state index contributed by atoms with van der Waals surface area (Å²) >= 11 is 0. The van der Waals surface area contributed by atoms with Gasteiger partial charge in [0.25, 0.3) is 5.56 Å². The molecule has 2 N–H and O–H groups in total. The first kappa shape index (κ1) is 16.5. The first-order valence-electron chi connectivity index (χ1n) is 8.17. The maximum atomic E-state index is 12.8. The number of aromatic amines is 1. The number of aromatic nitrogens is 2. The van der Waals surface area contributed by atoms with Crippen LogP contribution in [0.15, 0.2) is 35.1 Å². The molecule has 0 saturated heterocycles. The molecule has 1 aliphatic rings. The quantitative estimate of drug-likeness (QED) is 0.841. The monoisotopic (exact) mass is 329 g/mol. The lowest BCUT2D eigenvalue weighted by Crippen LogP contribution is -2.41. The number of carbonyl (C=O) groups excluding carboxylic acids is 1. The molecule has 0 amide bonds. The van der Waals surface area contributed by atoms with Crippen LogP contribution in [0, 0.1) is 0 Å². The molecule has 2 aromatic rings. The molecular weight excluding hydrogens is 306 g/mol. The number of hydrogen-bond donors (Lipinski definition) is 2. The van der Waals surface area contributed by atoms with Gasteiger partial charge in [0.05, 0.1) is 12.1 Å². The Morgan fingerprint density at radius 2 is 2.00 bits per heavy atom. The lowest BCUT2D eigenvalue weighted by molar-refractivity contribution is -0.157. The Kier molecular flexibility index (Phi) is 4.32. The second-order valence-electron chi connectivity index (χ2n) is 7.05. The van der Waals surface area contributed by atoms with Crippen molar-refractivity contribution in [3.63, 3.8) is 0 Å². The second kappa shape index (κ2) is 6.28. The van der Waals surface area contributed by atoms with Crippen LogP contribution in [0.1, 0.15) is 43.6 Å². The number of ether oxygens (including phenoxy) is 1. The Labute approximate surface area is 140 Å². The van der Waals surface area contributed by atoms with Gasteiger partial charge in [-0.3, -0.25) is 9.89 Å². The number of esters is 1. The molecule has 1 aromatic carbocycles. The molecule has 24 heavy (non-hydrogen) atoms. The van der Waals surface area contributed by atoms with E-state index in [1.165, 1.54) is 0 Å². The fourth-order valence-electron chi connectivity index (χ4n) is 2.92. The van der Waals surface area contributed by atoms with Crippen LogP contribution in [0.4, 0.5) is 0 Å². The van der Waals surface area contributed by atoms with Crippen molar-refractivity contribution >= 4 is 5.97 Å². The van der Waals surface area contributed by atoms with E-state index in [4.69, 9.17) is 4.74 Å². The summed E-state index contributed by atoms with van der Waals surface area (Å²) in [5.74, 6) is -0.411. The molecule has 6 nitrogen and oxygen atoms in total. The molecule has 3 rings (SSSR count). The van der Waals surface area contributed by atoms with E-state index >= 15 is 0 Å². The minimum atomic E-state index is -0.714. The van der Waals surface area contributed by atoms with Gasteiger partial charge in [0.1, 0.15) is 11.6 Å². The van der Waals surface area contributed by atoms with Crippen LogP contribution in [0.5, 0.6) is 0 Å². The summed E-state index contributed by atoms with van der Waals surface area (Å²) in [6.07, 6.45) is 0.686. The van der Waals surface area contributed by atoms with Crippen molar-refractivity contribution < 1.29 is 9.53 Å². The van der Waals surface area contributed by atoms with Crippen LogP contribution in [-0.4, -0.2) is 27.9 Å². The molecular formula is C18H23N3O3. The van der Waals surface area contributed by atoms with Gasteiger partial charge >= 0.3 is 5.97 Å². The van der Waals surface area contributed by atoms with E-state index in [0.717, 1.165) is 11.3 Å². The van der Waals surface area contributed by atoms with Gasteiger partial charge in [-0.2, -0.15) is 0 Å². The van der Waals surface area contributed by atoms with Crippen LogP contribution in [0.2, 0.25) is 0 Å². The number of fused-ring (bicyclic) bond motifs is 1. The summed E-state index contributed by atoms with van der Waals surface area (Å²) in [5.41, 5.74) is 1.56. The van der Waals surface area contributed by atoms with E-state index in [9.17, 15) is 9.59 Å². The number of hydrogen-bond acceptors (Lipinski definition) is 4. The Bertz CT molecular complexity index is 784. The largest absolute Gasteiger partial charge is 0.459 e. The Morgan fingerprint density at radius 3 is 2.67 bits per heavy atom. The van der Waals surface area contributed by atoms with Crippen LogP contribution in [0.3, 0.4) is 0 Å². The van der Waals surface area contributed by atoms with Crippen LogP contribution in [-0.2, 0) is 22.5 Å². The summed E-state index contributed by atoms with van der Waals surface area (Å²) in [4.78, 5) is 25.2. The highest BCUT2D eigenvalue weighted by Gasteiger charge is 2.34. The highest BCUT2D eigenvalue weighted by molar-refractivity contribution is 5.78. The molecule has 1 aromatic heterocycles. The molecule has 0 aliphatic carbocycles. The van der Waals surface area contributed by atoms with Gasteiger partial charge < -0.3 is 10.1 Å². The lowest BCUT2D eigenvalue weighted by atomic mass is 10.0. The molecule has 2 heterocycles. The Morgan fingerprint density at radius 1 is 1.29 bits per heavy atom. The van der Waals surface area contributed by atoms with E-state index in [0.29, 0.717) is 25.1 Å². The minimum absolute atomic E-state index is 0.170. The third-order valence-corrected chi connectivity index (χ3v) is 3.91. The number of carbonyl (C=O) groups is 1. The normalized spacial score (nSPS) is 17.4. The Hall–Kier alpha value is -2.34. The molecule has 0 radical (unpaired) electrons. The zero-order chi connectivity index (χ0) is 17.3. The maximum absolute atomic E-state index is 12.8. The molecule has 1 unspecified atom stereocenters. The van der Waals surface area contributed by atoms with E-state index < -0.39 is 17.6 Å². The van der Waals surface area contributed by atoms with Crippen LogP contribution >= 0.6 is 0 Å². The van der Waals surface area contributed by atoms with Gasteiger partial charge in [0.2, 0.25) is 0 Å². The van der Waals surface area contributed by atoms with Crippen LogP contribution in [0.25, 0.3) is 0 Å². The van der Waals surface area contributed by atoms with Crippen molar-refractivity contribution in [3.05, 3.63) is 57.5 Å². The van der Waals surface area contributed by atoms with E-state index in [2.05, 4.69) is 10.4 Å². The SMILES string of the molecule is CC(C)(C)OC(=O)C1NCCc2[nH]n(Cc3ccccc3)c(=O)c21. The van der Waals surface area contributed by atoms with E-state index in [-0.39, 0.29) is 5.56 Å². The average molecular weight is 329 g/mol. The molecule has 1 aliphatic heterocycles. The predicted molar refractivity (Wildman–Crippen MR) is 90.9 cm³/mol. The molecule has 0 saturated carbocycles. The third-order valence-electron chi connectivity index (χ3n) is 3.91. The third kappa shape index (κ3) is 3.43. The summed E-state index contributed by atoms with van der Waals surface area (Å²) in [6, 6.07) is 9.04. The molecule has 6 heteroatoms. The summed E-state index contributed by atoms with van der Waals surface area (Å²) in [6.45, 7) is 6.54. The summed E-state index contributed by atoms with van der Waals surface area (Å²) < 4.78 is 7.01. The van der Waals surface area contributed by atoms with E-state index in [1.54, 1.807) is 4.68 Å². The molecule has 1 atom stereocenters. The zero-order valence-corrected chi connectivity index (χ0v) is 14.3. The topological polar surface area (TPSA) is 76.1 Å². The fourth-order valence-corrected chi connectivity index (χ4v) is 2.92. The first-order valence-corrected chi connectivity index (χ1v) is 8.17. The molecule has 128 valence electrons. The fraction of sp³-hybridized carbons (Fsp3) is 0.444. The van der Waals surface area contributed by atoms with Crippen molar-refractivity contribution in [2.75, 3.05) is 6.54 Å². The van der Waals surface area contributed by atoms with Crippen LogP contribution < -0.4 is 10.9 Å². The number of rotatable bonds is 3. The van der Waals surface area contributed by atoms with Gasteiger partial charge in [-0.1, -0.05) is 30.3 Å². The number of nitrogens with one attached hydrogen (secondary N) is 2. The van der Waals surface area contributed by atoms with Gasteiger partial charge in [0, 0.05) is 18.7 Å². The van der Waals surface area contributed by atoms with Gasteiger partial charge in [-0.25, -0.2) is 9.48 Å². The maximum Gasteiger partial charge on any atom is 0.328 e. The van der Waals surface area contributed by atoms with Crippen molar-refractivity contribution in [2.45, 2.75) is 45.4 Å². The predicted octanol–water partition coefficient (Wildman–Crippen LogP) is 1.75. The molecule has 0 fully saturated rings. The minimum Gasteiger partial charge on any atom is -0.459 e. The lowest BCUT2D eigenvalue weighted by Gasteiger charge is -2.26. The van der Waals surface area contributed by atoms with Crippen molar-refractivity contribution in [3.8, 4) is 0 Å². The number of H-pyrrole nitrogens is 1. The highest BCUT2D eigenvalue weighted by Crippen LogP contribution is 2.22. The summed E-state index contributed by atoms with van der Waals surface area (Å²) in [5, 5.41) is 6.26. The Balaban J connectivity index is 1.91. The van der Waals surface area contributed by atoms with Gasteiger partial charge in [-0.05, 0) is 26.3 Å². The van der Waals surface area contributed by atoms with E-state index in [1.807, 2.05) is 51.1 Å². The standard InChI is InChI=1S/C18H23N3O3/c1-18(2,3)24-17(23)15-14-13(9-10-19-15)20-21(16(14)22)11-12-7-5-4-6-8-12/h4-8,15,19-20H,9-11H2,1-3H3.